The molecule has 0 bridgehead atoms. The third-order valence-corrected chi connectivity index (χ3v) is 2.29. The van der Waals surface area contributed by atoms with Gasteiger partial charge in [0.15, 0.2) is 11.4 Å². The summed E-state index contributed by atoms with van der Waals surface area (Å²) in [4.78, 5) is 11.5. The standard InChI is InChI=1S/C11H13N3O2/c1-6(2)11(15)13-7-3-4-8-9(5-7)16-14-10(8)12/h3-6H,1-2H3,(H2,12,14)(H,13,15). The van der Waals surface area contributed by atoms with Gasteiger partial charge in [0, 0.05) is 17.7 Å². The monoisotopic (exact) mass is 219 g/mol. The number of fused-ring (bicyclic) bond motifs is 1. The normalized spacial score (nSPS) is 10.9. The van der Waals surface area contributed by atoms with Crippen LogP contribution in [0.2, 0.25) is 0 Å². The van der Waals surface area contributed by atoms with Gasteiger partial charge in [-0.05, 0) is 12.1 Å². The van der Waals surface area contributed by atoms with Crippen LogP contribution < -0.4 is 11.1 Å². The number of carbonyl (C=O) groups excluding carboxylic acids is 1. The number of nitrogens with one attached hydrogen (secondary N) is 1. The van der Waals surface area contributed by atoms with Crippen molar-refractivity contribution in [3.8, 4) is 0 Å². The van der Waals surface area contributed by atoms with Crippen LogP contribution in [0, 0.1) is 5.92 Å². The predicted octanol–water partition coefficient (Wildman–Crippen LogP) is 2.00. The topological polar surface area (TPSA) is 81.2 Å². The molecule has 0 aliphatic heterocycles. The van der Waals surface area contributed by atoms with Gasteiger partial charge in [0.1, 0.15) is 0 Å². The van der Waals surface area contributed by atoms with E-state index in [4.69, 9.17) is 10.3 Å². The number of rotatable bonds is 2. The Morgan fingerprint density at radius 2 is 2.25 bits per heavy atom. The van der Waals surface area contributed by atoms with Gasteiger partial charge < -0.3 is 15.6 Å². The highest BCUT2D eigenvalue weighted by Gasteiger charge is 2.09. The summed E-state index contributed by atoms with van der Waals surface area (Å²) in [6.07, 6.45) is 0. The number of benzene rings is 1. The number of aromatic nitrogens is 1. The summed E-state index contributed by atoms with van der Waals surface area (Å²) < 4.78 is 5.01. The first kappa shape index (κ1) is 10.5. The molecule has 0 spiro atoms. The summed E-state index contributed by atoms with van der Waals surface area (Å²) in [6.45, 7) is 3.67. The van der Waals surface area contributed by atoms with Crippen LogP contribution in [-0.4, -0.2) is 11.1 Å². The van der Waals surface area contributed by atoms with Crippen LogP contribution >= 0.6 is 0 Å². The number of anilines is 2. The van der Waals surface area contributed by atoms with E-state index in [1.807, 2.05) is 13.8 Å². The van der Waals surface area contributed by atoms with Gasteiger partial charge in [-0.15, -0.1) is 0 Å². The van der Waals surface area contributed by atoms with Crippen LogP contribution in [0.3, 0.4) is 0 Å². The minimum Gasteiger partial charge on any atom is -0.380 e. The first-order valence-corrected chi connectivity index (χ1v) is 5.03. The van der Waals surface area contributed by atoms with Crippen molar-refractivity contribution in [3.05, 3.63) is 18.2 Å². The van der Waals surface area contributed by atoms with E-state index in [-0.39, 0.29) is 11.8 Å². The zero-order chi connectivity index (χ0) is 11.7. The quantitative estimate of drug-likeness (QED) is 0.809. The van der Waals surface area contributed by atoms with Gasteiger partial charge in [-0.1, -0.05) is 19.0 Å². The molecule has 5 nitrogen and oxygen atoms in total. The van der Waals surface area contributed by atoms with Crippen molar-refractivity contribution >= 4 is 28.4 Å². The molecule has 2 rings (SSSR count). The molecule has 2 aromatic rings. The fourth-order valence-electron chi connectivity index (χ4n) is 1.32. The lowest BCUT2D eigenvalue weighted by Crippen LogP contribution is -2.17. The second-order valence-corrected chi connectivity index (χ2v) is 3.92. The molecule has 1 aromatic heterocycles. The molecular weight excluding hydrogens is 206 g/mol. The Kier molecular flexibility index (Phi) is 2.52. The minimum absolute atomic E-state index is 0.0353. The van der Waals surface area contributed by atoms with E-state index in [1.54, 1.807) is 18.2 Å². The summed E-state index contributed by atoms with van der Waals surface area (Å²) in [5.41, 5.74) is 6.83. The van der Waals surface area contributed by atoms with E-state index in [1.165, 1.54) is 0 Å². The number of amides is 1. The van der Waals surface area contributed by atoms with Crippen LogP contribution in [0.1, 0.15) is 13.8 Å². The van der Waals surface area contributed by atoms with E-state index in [9.17, 15) is 4.79 Å². The molecule has 0 aliphatic rings. The smallest absolute Gasteiger partial charge is 0.226 e. The first-order valence-electron chi connectivity index (χ1n) is 5.03. The molecule has 16 heavy (non-hydrogen) atoms. The number of carbonyl (C=O) groups is 1. The van der Waals surface area contributed by atoms with Gasteiger partial charge in [0.05, 0.1) is 5.39 Å². The van der Waals surface area contributed by atoms with Crippen LogP contribution in [-0.2, 0) is 4.79 Å². The molecule has 0 atom stereocenters. The van der Waals surface area contributed by atoms with Crippen molar-refractivity contribution in [1.82, 2.24) is 5.16 Å². The summed E-state index contributed by atoms with van der Waals surface area (Å²) in [7, 11) is 0. The zero-order valence-electron chi connectivity index (χ0n) is 9.15. The molecule has 0 saturated heterocycles. The van der Waals surface area contributed by atoms with Gasteiger partial charge in [-0.25, -0.2) is 0 Å². The van der Waals surface area contributed by atoms with Crippen molar-refractivity contribution in [2.75, 3.05) is 11.1 Å². The SMILES string of the molecule is CC(C)C(=O)Nc1ccc2c(N)noc2c1. The third-order valence-electron chi connectivity index (χ3n) is 2.29. The maximum atomic E-state index is 11.5. The van der Waals surface area contributed by atoms with Crippen LogP contribution in [0.5, 0.6) is 0 Å². The van der Waals surface area contributed by atoms with Gasteiger partial charge in [-0.3, -0.25) is 4.79 Å². The molecule has 5 heteroatoms. The molecule has 0 fully saturated rings. The summed E-state index contributed by atoms with van der Waals surface area (Å²) in [5.74, 6) is 0.263. The van der Waals surface area contributed by atoms with Crippen LogP contribution in [0.25, 0.3) is 11.0 Å². The van der Waals surface area contributed by atoms with E-state index < -0.39 is 0 Å². The first-order chi connectivity index (χ1) is 7.58. The second-order valence-electron chi connectivity index (χ2n) is 3.92. The number of hydrogen-bond acceptors (Lipinski definition) is 4. The van der Waals surface area contributed by atoms with Crippen molar-refractivity contribution in [3.63, 3.8) is 0 Å². The number of nitrogen functional groups attached to an aromatic ring is 1. The van der Waals surface area contributed by atoms with E-state index in [0.29, 0.717) is 17.1 Å². The molecule has 1 aromatic carbocycles. The Balaban J connectivity index is 2.30. The summed E-state index contributed by atoms with van der Waals surface area (Å²) >= 11 is 0. The molecule has 0 unspecified atom stereocenters. The van der Waals surface area contributed by atoms with Gasteiger partial charge >= 0.3 is 0 Å². The van der Waals surface area contributed by atoms with Crippen molar-refractivity contribution in [2.45, 2.75) is 13.8 Å². The van der Waals surface area contributed by atoms with Crippen molar-refractivity contribution in [2.24, 2.45) is 5.92 Å². The molecule has 0 radical (unpaired) electrons. The zero-order valence-corrected chi connectivity index (χ0v) is 9.15. The van der Waals surface area contributed by atoms with E-state index in [2.05, 4.69) is 10.5 Å². The molecule has 1 amide bonds. The van der Waals surface area contributed by atoms with Crippen molar-refractivity contribution in [1.29, 1.82) is 0 Å². The van der Waals surface area contributed by atoms with E-state index in [0.717, 1.165) is 5.39 Å². The number of nitrogens with two attached hydrogens (primary N) is 1. The highest BCUT2D eigenvalue weighted by Crippen LogP contribution is 2.23. The minimum atomic E-state index is -0.0597. The highest BCUT2D eigenvalue weighted by atomic mass is 16.5. The van der Waals surface area contributed by atoms with Gasteiger partial charge in [0.25, 0.3) is 0 Å². The molecular formula is C11H13N3O2. The molecule has 3 N–H and O–H groups in total. The third kappa shape index (κ3) is 1.84. The molecule has 0 aliphatic carbocycles. The average Bonchev–Trinajstić information content (AvgIpc) is 2.60. The Morgan fingerprint density at radius 1 is 1.50 bits per heavy atom. The Bertz CT molecular complexity index is 531. The van der Waals surface area contributed by atoms with E-state index >= 15 is 0 Å². The van der Waals surface area contributed by atoms with Crippen molar-refractivity contribution < 1.29 is 9.32 Å². The molecule has 84 valence electrons. The summed E-state index contributed by atoms with van der Waals surface area (Å²) in [5, 5.41) is 7.17. The molecule has 0 saturated carbocycles. The van der Waals surface area contributed by atoms with Crippen LogP contribution in [0.15, 0.2) is 22.7 Å². The maximum absolute atomic E-state index is 11.5. The average molecular weight is 219 g/mol. The lowest BCUT2D eigenvalue weighted by molar-refractivity contribution is -0.118. The molecule has 1 heterocycles. The summed E-state index contributed by atoms with van der Waals surface area (Å²) in [6, 6.07) is 5.26. The largest absolute Gasteiger partial charge is 0.380 e. The maximum Gasteiger partial charge on any atom is 0.226 e. The number of nitrogens with zero attached hydrogens (tertiary/aromatic N) is 1. The van der Waals surface area contributed by atoms with Crippen LogP contribution in [0.4, 0.5) is 11.5 Å². The number of hydrogen-bond donors (Lipinski definition) is 2. The Morgan fingerprint density at radius 3 is 2.94 bits per heavy atom. The highest BCUT2D eigenvalue weighted by molar-refractivity contribution is 5.95. The lowest BCUT2D eigenvalue weighted by atomic mass is 10.2. The fourth-order valence-corrected chi connectivity index (χ4v) is 1.32. The fraction of sp³-hybridized carbons (Fsp3) is 0.273. The lowest BCUT2D eigenvalue weighted by Gasteiger charge is -2.06. The Hall–Kier alpha value is -2.04. The van der Waals surface area contributed by atoms with Gasteiger partial charge in [0.2, 0.25) is 5.91 Å². The van der Waals surface area contributed by atoms with Gasteiger partial charge in [-0.2, -0.15) is 0 Å². The predicted molar refractivity (Wildman–Crippen MR) is 61.9 cm³/mol. The second kappa shape index (κ2) is 3.84. The Labute approximate surface area is 92.6 Å².